The molecule has 0 aromatic heterocycles. The van der Waals surface area contributed by atoms with E-state index >= 15 is 0 Å². The normalized spacial score (nSPS) is 15.0. The number of nitrogens with one attached hydrogen (secondary N) is 1. The molecule has 27 heavy (non-hydrogen) atoms. The van der Waals surface area contributed by atoms with E-state index < -0.39 is 11.9 Å². The van der Waals surface area contributed by atoms with E-state index in [-0.39, 0.29) is 18.8 Å². The number of urea groups is 1. The van der Waals surface area contributed by atoms with Crippen molar-refractivity contribution in [3.05, 3.63) is 68.8 Å². The second-order valence-corrected chi connectivity index (χ2v) is 6.98. The number of terminal acetylenes is 1. The van der Waals surface area contributed by atoms with E-state index in [2.05, 4.69) is 27.2 Å². The first-order chi connectivity index (χ1) is 13.0. The Morgan fingerprint density at radius 3 is 2.63 bits per heavy atom. The van der Waals surface area contributed by atoms with Crippen LogP contribution < -0.4 is 10.1 Å². The van der Waals surface area contributed by atoms with Gasteiger partial charge in [-0.15, -0.1) is 6.42 Å². The summed E-state index contributed by atoms with van der Waals surface area (Å²) >= 11 is 9.26. The molecule has 0 spiro atoms. The van der Waals surface area contributed by atoms with E-state index in [4.69, 9.17) is 22.8 Å². The molecule has 2 aromatic rings. The Kier molecular flexibility index (Phi) is 5.84. The lowest BCUT2D eigenvalue weighted by Gasteiger charge is -2.11. The second kappa shape index (κ2) is 8.30. The predicted octanol–water partition coefficient (Wildman–Crippen LogP) is 4.21. The van der Waals surface area contributed by atoms with E-state index in [9.17, 15) is 9.59 Å². The number of amides is 3. The lowest BCUT2D eigenvalue weighted by molar-refractivity contribution is -0.123. The molecule has 136 valence electrons. The van der Waals surface area contributed by atoms with Crippen LogP contribution in [0.2, 0.25) is 5.02 Å². The third kappa shape index (κ3) is 4.51. The minimum Gasteiger partial charge on any atom is -0.480 e. The Balaban J connectivity index is 1.76. The van der Waals surface area contributed by atoms with Gasteiger partial charge in [-0.2, -0.15) is 0 Å². The number of carbonyl (C=O) groups excluding carboxylic acids is 2. The highest BCUT2D eigenvalue weighted by atomic mass is 79.9. The van der Waals surface area contributed by atoms with Gasteiger partial charge in [-0.1, -0.05) is 35.7 Å². The minimum absolute atomic E-state index is 0.160. The Hall–Kier alpha value is -2.75. The van der Waals surface area contributed by atoms with Crippen molar-refractivity contribution in [1.29, 1.82) is 0 Å². The van der Waals surface area contributed by atoms with Crippen LogP contribution in [0.4, 0.5) is 4.79 Å². The van der Waals surface area contributed by atoms with Crippen molar-refractivity contribution in [3.63, 3.8) is 0 Å². The lowest BCUT2D eigenvalue weighted by atomic mass is 10.1. The highest BCUT2D eigenvalue weighted by molar-refractivity contribution is 9.10. The maximum Gasteiger partial charge on any atom is 0.329 e. The quantitative estimate of drug-likeness (QED) is 0.426. The Bertz CT molecular complexity index is 964. The number of carbonyl (C=O) groups is 2. The molecule has 1 aliphatic heterocycles. The average Bonchev–Trinajstić information content (AvgIpc) is 2.90. The third-order valence-corrected chi connectivity index (χ3v) is 4.67. The molecule has 0 unspecified atom stereocenters. The van der Waals surface area contributed by atoms with Crippen LogP contribution in [0.15, 0.2) is 52.6 Å². The number of benzene rings is 2. The molecule has 1 aliphatic rings. The molecular formula is C20H14BrClN2O3. The van der Waals surface area contributed by atoms with Gasteiger partial charge in [-0.05, 0) is 57.4 Å². The standard InChI is InChI=1S/C20H14BrClN2O3/c1-2-9-27-18-8-5-14(10-16(18)21)11-17-19(25)24(20(26)23-17)12-13-3-6-15(22)7-4-13/h1,3-8,10-11H,9,12H2,(H,23,26)/b17-11-. The smallest absolute Gasteiger partial charge is 0.329 e. The van der Waals surface area contributed by atoms with Gasteiger partial charge < -0.3 is 10.1 Å². The number of rotatable bonds is 5. The molecule has 0 saturated carbocycles. The van der Waals surface area contributed by atoms with Gasteiger partial charge in [0.1, 0.15) is 18.1 Å². The van der Waals surface area contributed by atoms with Crippen LogP contribution in [-0.2, 0) is 11.3 Å². The van der Waals surface area contributed by atoms with E-state index in [0.29, 0.717) is 15.2 Å². The van der Waals surface area contributed by atoms with Crippen LogP contribution in [0.1, 0.15) is 11.1 Å². The highest BCUT2D eigenvalue weighted by Gasteiger charge is 2.33. The maximum atomic E-state index is 12.6. The molecule has 1 heterocycles. The van der Waals surface area contributed by atoms with Gasteiger partial charge >= 0.3 is 6.03 Å². The highest BCUT2D eigenvalue weighted by Crippen LogP contribution is 2.27. The van der Waals surface area contributed by atoms with Gasteiger partial charge in [-0.25, -0.2) is 4.79 Å². The van der Waals surface area contributed by atoms with Crippen molar-refractivity contribution < 1.29 is 14.3 Å². The van der Waals surface area contributed by atoms with E-state index in [0.717, 1.165) is 16.0 Å². The van der Waals surface area contributed by atoms with E-state index in [1.54, 1.807) is 48.5 Å². The molecule has 5 nitrogen and oxygen atoms in total. The number of hydrogen-bond donors (Lipinski definition) is 1. The number of halogens is 2. The molecule has 3 amide bonds. The van der Waals surface area contributed by atoms with Crippen molar-refractivity contribution >= 4 is 45.5 Å². The van der Waals surface area contributed by atoms with Crippen LogP contribution in [0.5, 0.6) is 5.75 Å². The summed E-state index contributed by atoms with van der Waals surface area (Å²) < 4.78 is 6.08. The van der Waals surface area contributed by atoms with Gasteiger partial charge in [0, 0.05) is 5.02 Å². The van der Waals surface area contributed by atoms with Gasteiger partial charge in [0.25, 0.3) is 5.91 Å². The Morgan fingerprint density at radius 1 is 1.22 bits per heavy atom. The largest absolute Gasteiger partial charge is 0.480 e. The molecule has 1 N–H and O–H groups in total. The Labute approximate surface area is 170 Å². The van der Waals surface area contributed by atoms with Gasteiger partial charge in [0.05, 0.1) is 11.0 Å². The van der Waals surface area contributed by atoms with Crippen molar-refractivity contribution in [3.8, 4) is 18.1 Å². The summed E-state index contributed by atoms with van der Waals surface area (Å²) in [5.74, 6) is 2.60. The molecule has 2 aromatic carbocycles. The average molecular weight is 446 g/mol. The molecule has 7 heteroatoms. The number of nitrogens with zero attached hydrogens (tertiary/aromatic N) is 1. The zero-order chi connectivity index (χ0) is 19.4. The molecular weight excluding hydrogens is 432 g/mol. The number of ether oxygens (including phenoxy) is 1. The van der Waals surface area contributed by atoms with Gasteiger partial charge in [0.15, 0.2) is 0 Å². The minimum atomic E-state index is -0.464. The second-order valence-electron chi connectivity index (χ2n) is 5.69. The van der Waals surface area contributed by atoms with Crippen LogP contribution in [0.3, 0.4) is 0 Å². The van der Waals surface area contributed by atoms with Crippen LogP contribution >= 0.6 is 27.5 Å². The summed E-state index contributed by atoms with van der Waals surface area (Å²) in [5, 5.41) is 3.20. The van der Waals surface area contributed by atoms with Crippen molar-refractivity contribution in [2.45, 2.75) is 6.54 Å². The van der Waals surface area contributed by atoms with E-state index in [1.165, 1.54) is 0 Å². The first kappa shape index (κ1) is 19.0. The lowest BCUT2D eigenvalue weighted by Crippen LogP contribution is -2.30. The summed E-state index contributed by atoms with van der Waals surface area (Å²) in [6, 6.07) is 11.8. The zero-order valence-electron chi connectivity index (χ0n) is 14.0. The summed E-state index contributed by atoms with van der Waals surface area (Å²) in [5.41, 5.74) is 1.74. The van der Waals surface area contributed by atoms with Crippen LogP contribution in [0.25, 0.3) is 6.08 Å². The molecule has 0 atom stereocenters. The third-order valence-electron chi connectivity index (χ3n) is 3.79. The predicted molar refractivity (Wildman–Crippen MR) is 107 cm³/mol. The van der Waals surface area contributed by atoms with Crippen molar-refractivity contribution in [2.24, 2.45) is 0 Å². The molecule has 0 bridgehead atoms. The number of hydrogen-bond acceptors (Lipinski definition) is 3. The summed E-state index contributed by atoms with van der Waals surface area (Å²) in [4.78, 5) is 25.9. The monoisotopic (exact) mass is 444 g/mol. The Morgan fingerprint density at radius 2 is 1.96 bits per heavy atom. The fraction of sp³-hybridized carbons (Fsp3) is 0.100. The van der Waals surface area contributed by atoms with E-state index in [1.807, 2.05) is 0 Å². The zero-order valence-corrected chi connectivity index (χ0v) is 16.4. The van der Waals surface area contributed by atoms with Gasteiger partial charge in [0.2, 0.25) is 0 Å². The first-order valence-corrected chi connectivity index (χ1v) is 9.10. The maximum absolute atomic E-state index is 12.6. The molecule has 0 aliphatic carbocycles. The van der Waals surface area contributed by atoms with Crippen molar-refractivity contribution in [1.82, 2.24) is 10.2 Å². The van der Waals surface area contributed by atoms with Crippen LogP contribution in [0, 0.1) is 12.3 Å². The molecule has 3 rings (SSSR count). The molecule has 1 saturated heterocycles. The first-order valence-electron chi connectivity index (χ1n) is 7.92. The SMILES string of the molecule is C#CCOc1ccc(/C=C2\NC(=O)N(Cc3ccc(Cl)cc3)C2=O)cc1Br. The van der Waals surface area contributed by atoms with Crippen LogP contribution in [-0.4, -0.2) is 23.4 Å². The topological polar surface area (TPSA) is 58.6 Å². The summed E-state index contributed by atoms with van der Waals surface area (Å²) in [6.07, 6.45) is 6.79. The fourth-order valence-electron chi connectivity index (χ4n) is 2.50. The molecule has 0 radical (unpaired) electrons. The van der Waals surface area contributed by atoms with Crippen molar-refractivity contribution in [2.75, 3.05) is 6.61 Å². The fourth-order valence-corrected chi connectivity index (χ4v) is 3.13. The number of imide groups is 1. The van der Waals surface area contributed by atoms with Gasteiger partial charge in [-0.3, -0.25) is 9.69 Å². The molecule has 1 fully saturated rings. The summed E-state index contributed by atoms with van der Waals surface area (Å²) in [7, 11) is 0. The summed E-state index contributed by atoms with van der Waals surface area (Å²) in [6.45, 7) is 0.328.